The van der Waals surface area contributed by atoms with Gasteiger partial charge in [-0.2, -0.15) is 0 Å². The number of halogens is 1. The van der Waals surface area contributed by atoms with Crippen LogP contribution in [0, 0.1) is 0 Å². The molecule has 1 heterocycles. The number of aromatic nitrogens is 1. The lowest BCUT2D eigenvalue weighted by Gasteiger charge is -2.04. The van der Waals surface area contributed by atoms with Gasteiger partial charge in [-0.1, -0.05) is 23.7 Å². The summed E-state index contributed by atoms with van der Waals surface area (Å²) in [6, 6.07) is 9.46. The van der Waals surface area contributed by atoms with E-state index < -0.39 is 0 Å². The fraction of sp³-hybridized carbons (Fsp3) is 0.214. The topological polar surface area (TPSA) is 34.0 Å². The molecule has 1 aromatic carbocycles. The summed E-state index contributed by atoms with van der Waals surface area (Å²) < 4.78 is 1.86. The van der Waals surface area contributed by atoms with Crippen LogP contribution in [0.2, 0.25) is 5.02 Å². The van der Waals surface area contributed by atoms with Gasteiger partial charge in [-0.15, -0.1) is 0 Å². The number of hydrogen-bond donors (Lipinski definition) is 1. The second kappa shape index (κ2) is 5.74. The third-order valence-corrected chi connectivity index (χ3v) is 2.96. The first kappa shape index (κ1) is 12.7. The third kappa shape index (κ3) is 3.37. The number of carbonyl (C=O) groups excluding carboxylic acids is 1. The molecule has 0 aliphatic heterocycles. The van der Waals surface area contributed by atoms with Gasteiger partial charge in [0.1, 0.15) is 0 Å². The highest BCUT2D eigenvalue weighted by Gasteiger charge is 2.05. The van der Waals surface area contributed by atoms with E-state index in [2.05, 4.69) is 5.32 Å². The van der Waals surface area contributed by atoms with Crippen LogP contribution in [-0.2, 0) is 13.5 Å². The molecule has 2 rings (SSSR count). The van der Waals surface area contributed by atoms with E-state index in [0.717, 1.165) is 17.0 Å². The average molecular weight is 263 g/mol. The monoisotopic (exact) mass is 262 g/mol. The zero-order valence-electron chi connectivity index (χ0n) is 10.2. The number of rotatable bonds is 4. The van der Waals surface area contributed by atoms with Crippen LogP contribution in [0.4, 0.5) is 0 Å². The molecule has 0 radical (unpaired) electrons. The van der Waals surface area contributed by atoms with E-state index in [1.165, 1.54) is 0 Å². The van der Waals surface area contributed by atoms with Crippen LogP contribution >= 0.6 is 11.6 Å². The SMILES string of the molecule is Cn1ccc(C(=O)NCCc2ccc(Cl)cc2)c1. The molecule has 18 heavy (non-hydrogen) atoms. The molecule has 0 unspecified atom stereocenters. The quantitative estimate of drug-likeness (QED) is 0.903. The van der Waals surface area contributed by atoms with Gasteiger partial charge < -0.3 is 9.88 Å². The predicted octanol–water partition coefficient (Wildman–Crippen LogP) is 2.65. The number of hydrogen-bond acceptors (Lipinski definition) is 1. The number of amides is 1. The second-order valence-electron chi connectivity index (χ2n) is 4.20. The first-order valence-electron chi connectivity index (χ1n) is 5.80. The summed E-state index contributed by atoms with van der Waals surface area (Å²) in [4.78, 5) is 11.8. The lowest BCUT2D eigenvalue weighted by atomic mass is 10.1. The summed E-state index contributed by atoms with van der Waals surface area (Å²) >= 11 is 5.81. The van der Waals surface area contributed by atoms with Crippen molar-refractivity contribution in [3.05, 3.63) is 58.9 Å². The molecule has 2 aromatic rings. The zero-order chi connectivity index (χ0) is 13.0. The standard InChI is InChI=1S/C14H15ClN2O/c1-17-9-7-12(10-17)14(18)16-8-6-11-2-4-13(15)5-3-11/h2-5,7,9-10H,6,8H2,1H3,(H,16,18). The molecule has 0 saturated carbocycles. The number of aryl methyl sites for hydroxylation is 1. The largest absolute Gasteiger partial charge is 0.356 e. The number of carbonyl (C=O) groups is 1. The summed E-state index contributed by atoms with van der Waals surface area (Å²) in [5.41, 5.74) is 1.85. The molecule has 1 N–H and O–H groups in total. The summed E-state index contributed by atoms with van der Waals surface area (Å²) in [6.45, 7) is 0.620. The van der Waals surface area contributed by atoms with Gasteiger partial charge in [0.2, 0.25) is 0 Å². The fourth-order valence-electron chi connectivity index (χ4n) is 1.71. The predicted molar refractivity (Wildman–Crippen MR) is 72.9 cm³/mol. The van der Waals surface area contributed by atoms with E-state index in [4.69, 9.17) is 11.6 Å². The maximum atomic E-state index is 11.8. The minimum atomic E-state index is -0.0374. The van der Waals surface area contributed by atoms with Crippen LogP contribution in [0.25, 0.3) is 0 Å². The van der Waals surface area contributed by atoms with Gasteiger partial charge in [0, 0.05) is 31.0 Å². The molecule has 0 aliphatic rings. The Hall–Kier alpha value is -1.74. The molecule has 1 amide bonds. The van der Waals surface area contributed by atoms with E-state index in [9.17, 15) is 4.79 Å². The van der Waals surface area contributed by atoms with Crippen molar-refractivity contribution in [2.75, 3.05) is 6.54 Å². The van der Waals surface area contributed by atoms with Crippen molar-refractivity contribution in [3.8, 4) is 0 Å². The van der Waals surface area contributed by atoms with Crippen molar-refractivity contribution in [1.82, 2.24) is 9.88 Å². The summed E-state index contributed by atoms with van der Waals surface area (Å²) in [5, 5.41) is 3.62. The van der Waals surface area contributed by atoms with Gasteiger partial charge in [-0.05, 0) is 30.2 Å². The molecular weight excluding hydrogens is 248 g/mol. The molecule has 3 nitrogen and oxygen atoms in total. The van der Waals surface area contributed by atoms with Gasteiger partial charge in [-0.3, -0.25) is 4.79 Å². The fourth-order valence-corrected chi connectivity index (χ4v) is 1.84. The summed E-state index contributed by atoms with van der Waals surface area (Å²) in [6.07, 6.45) is 4.46. The molecule has 0 fully saturated rings. The van der Waals surface area contributed by atoms with Gasteiger partial charge >= 0.3 is 0 Å². The van der Waals surface area contributed by atoms with E-state index >= 15 is 0 Å². The second-order valence-corrected chi connectivity index (χ2v) is 4.63. The number of benzene rings is 1. The molecule has 94 valence electrons. The third-order valence-electron chi connectivity index (χ3n) is 2.71. The maximum absolute atomic E-state index is 11.8. The van der Waals surface area contributed by atoms with Gasteiger partial charge in [-0.25, -0.2) is 0 Å². The van der Waals surface area contributed by atoms with Crippen molar-refractivity contribution < 1.29 is 4.79 Å². The van der Waals surface area contributed by atoms with Crippen molar-refractivity contribution >= 4 is 17.5 Å². The maximum Gasteiger partial charge on any atom is 0.252 e. The first-order valence-corrected chi connectivity index (χ1v) is 6.17. The van der Waals surface area contributed by atoms with Crippen LogP contribution in [0.15, 0.2) is 42.7 Å². The molecule has 0 aliphatic carbocycles. The van der Waals surface area contributed by atoms with Crippen molar-refractivity contribution in [2.45, 2.75) is 6.42 Å². The minimum absolute atomic E-state index is 0.0374. The van der Waals surface area contributed by atoms with Crippen molar-refractivity contribution in [2.24, 2.45) is 7.05 Å². The van der Waals surface area contributed by atoms with E-state index in [-0.39, 0.29) is 5.91 Å². The Morgan fingerprint density at radius 3 is 2.61 bits per heavy atom. The summed E-state index contributed by atoms with van der Waals surface area (Å²) in [7, 11) is 1.89. The molecule has 4 heteroatoms. The number of nitrogens with zero attached hydrogens (tertiary/aromatic N) is 1. The van der Waals surface area contributed by atoms with Gasteiger partial charge in [0.25, 0.3) is 5.91 Å². The normalized spacial score (nSPS) is 10.3. The Labute approximate surface area is 111 Å². The van der Waals surface area contributed by atoms with Gasteiger partial charge in [0.05, 0.1) is 5.56 Å². The summed E-state index contributed by atoms with van der Waals surface area (Å²) in [5.74, 6) is -0.0374. The smallest absolute Gasteiger partial charge is 0.252 e. The minimum Gasteiger partial charge on any atom is -0.356 e. The van der Waals surface area contributed by atoms with E-state index in [0.29, 0.717) is 12.1 Å². The average Bonchev–Trinajstić information content (AvgIpc) is 2.78. The Balaban J connectivity index is 1.82. The van der Waals surface area contributed by atoms with Crippen molar-refractivity contribution in [1.29, 1.82) is 0 Å². The van der Waals surface area contributed by atoms with Crippen LogP contribution in [0.1, 0.15) is 15.9 Å². The number of nitrogens with one attached hydrogen (secondary N) is 1. The molecule has 1 aromatic heterocycles. The Morgan fingerprint density at radius 1 is 1.28 bits per heavy atom. The van der Waals surface area contributed by atoms with Gasteiger partial charge in [0.15, 0.2) is 0 Å². The lowest BCUT2D eigenvalue weighted by molar-refractivity contribution is 0.0954. The van der Waals surface area contributed by atoms with E-state index in [1.807, 2.05) is 42.1 Å². The molecular formula is C14H15ClN2O. The van der Waals surface area contributed by atoms with Crippen LogP contribution < -0.4 is 5.32 Å². The highest BCUT2D eigenvalue weighted by Crippen LogP contribution is 2.09. The molecule has 0 spiro atoms. The molecule has 0 atom stereocenters. The molecule has 0 saturated heterocycles. The Kier molecular flexibility index (Phi) is 4.05. The Bertz CT molecular complexity index is 531. The highest BCUT2D eigenvalue weighted by molar-refractivity contribution is 6.30. The van der Waals surface area contributed by atoms with E-state index in [1.54, 1.807) is 12.3 Å². The van der Waals surface area contributed by atoms with Crippen molar-refractivity contribution in [3.63, 3.8) is 0 Å². The van der Waals surface area contributed by atoms with Crippen LogP contribution in [-0.4, -0.2) is 17.0 Å². The molecule has 0 bridgehead atoms. The van der Waals surface area contributed by atoms with Crippen LogP contribution in [0.5, 0.6) is 0 Å². The Morgan fingerprint density at radius 2 is 2.00 bits per heavy atom. The lowest BCUT2D eigenvalue weighted by Crippen LogP contribution is -2.25. The van der Waals surface area contributed by atoms with Crippen LogP contribution in [0.3, 0.4) is 0 Å². The first-order chi connectivity index (χ1) is 8.65. The zero-order valence-corrected chi connectivity index (χ0v) is 10.9. The highest BCUT2D eigenvalue weighted by atomic mass is 35.5.